The predicted octanol–water partition coefficient (Wildman–Crippen LogP) is 18.0. The fourth-order valence-corrected chi connectivity index (χ4v) is 11.3. The van der Waals surface area contributed by atoms with Crippen molar-refractivity contribution in [2.45, 2.75) is 342 Å². The molecule has 2 unspecified atom stereocenters. The van der Waals surface area contributed by atoms with E-state index in [9.17, 15) is 43.2 Å². The molecule has 0 aliphatic heterocycles. The van der Waals surface area contributed by atoms with Gasteiger partial charge < -0.3 is 33.8 Å². The van der Waals surface area contributed by atoms with E-state index in [1.807, 2.05) is 0 Å². The number of phosphoric ester groups is 2. The molecule has 0 saturated heterocycles. The number of phosphoric acid groups is 2. The van der Waals surface area contributed by atoms with Crippen molar-refractivity contribution in [1.29, 1.82) is 0 Å². The first kappa shape index (κ1) is 82.1. The van der Waals surface area contributed by atoms with Crippen LogP contribution in [0.4, 0.5) is 0 Å². The van der Waals surface area contributed by atoms with Crippen LogP contribution in [0, 0.1) is 11.8 Å². The Morgan fingerprint density at radius 3 is 0.810 bits per heavy atom. The Kier molecular flexibility index (Phi) is 56.2. The number of carbonyl (C=O) groups is 4. The number of carbonyl (C=O) groups excluding carboxylic acids is 4. The summed E-state index contributed by atoms with van der Waals surface area (Å²) in [6, 6.07) is 0. The molecule has 17 nitrogen and oxygen atoms in total. The minimum atomic E-state index is -4.94. The van der Waals surface area contributed by atoms with Crippen molar-refractivity contribution in [2.75, 3.05) is 39.6 Å². The molecule has 84 heavy (non-hydrogen) atoms. The Labute approximate surface area is 511 Å². The van der Waals surface area contributed by atoms with E-state index < -0.39 is 97.5 Å². The molecule has 0 spiro atoms. The van der Waals surface area contributed by atoms with Gasteiger partial charge in [0, 0.05) is 25.7 Å². The largest absolute Gasteiger partial charge is 0.472 e. The molecular weight excluding hydrogens is 1110 g/mol. The first-order chi connectivity index (χ1) is 40.4. The van der Waals surface area contributed by atoms with Gasteiger partial charge in [-0.1, -0.05) is 273 Å². The third kappa shape index (κ3) is 59.0. The fraction of sp³-hybridized carbons (Fsp3) is 0.938. The van der Waals surface area contributed by atoms with Crippen LogP contribution in [0.25, 0.3) is 0 Å². The highest BCUT2D eigenvalue weighted by atomic mass is 31.2. The summed E-state index contributed by atoms with van der Waals surface area (Å²) in [7, 11) is -9.88. The maximum absolute atomic E-state index is 13.0. The summed E-state index contributed by atoms with van der Waals surface area (Å²) < 4.78 is 67.9. The van der Waals surface area contributed by atoms with Crippen molar-refractivity contribution >= 4 is 39.5 Å². The van der Waals surface area contributed by atoms with Gasteiger partial charge in [-0.3, -0.25) is 37.3 Å². The van der Waals surface area contributed by atoms with E-state index in [1.165, 1.54) is 135 Å². The van der Waals surface area contributed by atoms with E-state index in [0.29, 0.717) is 31.6 Å². The highest BCUT2D eigenvalue weighted by Crippen LogP contribution is 2.45. The van der Waals surface area contributed by atoms with Crippen LogP contribution >= 0.6 is 15.6 Å². The average molecular weight is 1240 g/mol. The Bertz CT molecular complexity index is 1650. The fourth-order valence-electron chi connectivity index (χ4n) is 9.71. The maximum Gasteiger partial charge on any atom is 0.472 e. The Morgan fingerprint density at radius 1 is 0.321 bits per heavy atom. The molecule has 498 valence electrons. The van der Waals surface area contributed by atoms with Crippen molar-refractivity contribution in [2.24, 2.45) is 11.8 Å². The van der Waals surface area contributed by atoms with Gasteiger partial charge in [-0.2, -0.15) is 0 Å². The van der Waals surface area contributed by atoms with Gasteiger partial charge in [0.25, 0.3) is 0 Å². The second-order valence-electron chi connectivity index (χ2n) is 24.5. The molecule has 3 N–H and O–H groups in total. The van der Waals surface area contributed by atoms with Crippen molar-refractivity contribution in [3.8, 4) is 0 Å². The van der Waals surface area contributed by atoms with E-state index >= 15 is 0 Å². The topological polar surface area (TPSA) is 237 Å². The number of aliphatic hydroxyl groups excluding tert-OH is 1. The molecule has 0 aliphatic rings. The number of esters is 4. The number of ether oxygens (including phenoxy) is 4. The number of hydrogen-bond acceptors (Lipinski definition) is 15. The third-order valence-corrected chi connectivity index (χ3v) is 16.9. The van der Waals surface area contributed by atoms with Gasteiger partial charge in [-0.15, -0.1) is 0 Å². The molecular formula is C65H126O17P2. The summed E-state index contributed by atoms with van der Waals surface area (Å²) in [5.41, 5.74) is 0. The smallest absolute Gasteiger partial charge is 0.462 e. The van der Waals surface area contributed by atoms with Gasteiger partial charge in [0.2, 0.25) is 0 Å². The average Bonchev–Trinajstić information content (AvgIpc) is 3.45. The Balaban J connectivity index is 5.18. The second kappa shape index (κ2) is 57.5. The van der Waals surface area contributed by atoms with Crippen LogP contribution in [0.15, 0.2) is 0 Å². The molecule has 0 fully saturated rings. The second-order valence-corrected chi connectivity index (χ2v) is 27.4. The molecule has 0 saturated carbocycles. The van der Waals surface area contributed by atoms with Crippen LogP contribution in [0.3, 0.4) is 0 Å². The number of hydrogen-bond donors (Lipinski definition) is 3. The predicted molar refractivity (Wildman–Crippen MR) is 335 cm³/mol. The minimum absolute atomic E-state index is 0.105. The zero-order chi connectivity index (χ0) is 62.2. The van der Waals surface area contributed by atoms with E-state index in [-0.39, 0.29) is 25.7 Å². The quantitative estimate of drug-likeness (QED) is 0.0222. The zero-order valence-electron chi connectivity index (χ0n) is 54.2. The molecule has 19 heteroatoms. The van der Waals surface area contributed by atoms with Gasteiger partial charge in [-0.25, -0.2) is 9.13 Å². The highest BCUT2D eigenvalue weighted by molar-refractivity contribution is 7.47. The Hall–Kier alpha value is -1.94. The van der Waals surface area contributed by atoms with Crippen molar-refractivity contribution in [3.05, 3.63) is 0 Å². The van der Waals surface area contributed by atoms with Gasteiger partial charge in [0.05, 0.1) is 26.4 Å². The molecule has 5 atom stereocenters. The van der Waals surface area contributed by atoms with Crippen LogP contribution in [0.5, 0.6) is 0 Å². The van der Waals surface area contributed by atoms with Gasteiger partial charge >= 0.3 is 39.5 Å². The van der Waals surface area contributed by atoms with Crippen LogP contribution in [0.1, 0.15) is 324 Å². The van der Waals surface area contributed by atoms with E-state index in [4.69, 9.17) is 37.0 Å². The molecule has 0 bridgehead atoms. The summed E-state index contributed by atoms with van der Waals surface area (Å²) in [5, 5.41) is 10.5. The van der Waals surface area contributed by atoms with Crippen LogP contribution in [0.2, 0.25) is 0 Å². The normalized spacial score (nSPS) is 14.3. The molecule has 0 radical (unpaired) electrons. The van der Waals surface area contributed by atoms with Crippen molar-refractivity contribution < 1.29 is 80.2 Å². The first-order valence-corrected chi connectivity index (χ1v) is 37.0. The Morgan fingerprint density at radius 2 is 0.548 bits per heavy atom. The van der Waals surface area contributed by atoms with Crippen LogP contribution < -0.4 is 0 Å². The summed E-state index contributed by atoms with van der Waals surface area (Å²) in [6.07, 6.45) is 40.5. The standard InChI is InChI=1S/C65H126O17P2/c1-7-9-11-13-15-23-28-35-41-47-62(67)75-53-60(81-64(69)49-43-37-29-24-16-14-12-10-8-2)55-79-83(71,72)77-51-59(66)52-78-84(73,74)80-56-61(54-76-63(68)48-42-36-32-31-34-40-46-58(5)6)82-65(70)50-44-38-30-26-22-20-18-17-19-21-25-27-33-39-45-57(3)4/h57-61,66H,7-56H2,1-6H3,(H,71,72)(H,73,74)/t59-,60+,61+/m0/s1. The first-order valence-electron chi connectivity index (χ1n) is 34.0. The van der Waals surface area contributed by atoms with E-state index in [0.717, 1.165) is 102 Å². The molecule has 0 heterocycles. The lowest BCUT2D eigenvalue weighted by molar-refractivity contribution is -0.161. The van der Waals surface area contributed by atoms with Crippen molar-refractivity contribution in [3.63, 3.8) is 0 Å². The number of unbranched alkanes of at least 4 members (excludes halogenated alkanes) is 34. The lowest BCUT2D eigenvalue weighted by Gasteiger charge is -2.21. The molecule has 0 aromatic heterocycles. The zero-order valence-corrected chi connectivity index (χ0v) is 56.0. The van der Waals surface area contributed by atoms with Crippen LogP contribution in [-0.2, 0) is 65.4 Å². The van der Waals surface area contributed by atoms with Crippen molar-refractivity contribution in [1.82, 2.24) is 0 Å². The summed E-state index contributed by atoms with van der Waals surface area (Å²) in [6.45, 7) is 9.41. The van der Waals surface area contributed by atoms with Gasteiger partial charge in [0.15, 0.2) is 12.2 Å². The lowest BCUT2D eigenvalue weighted by atomic mass is 10.0. The highest BCUT2D eigenvalue weighted by Gasteiger charge is 2.30. The molecule has 0 amide bonds. The monoisotopic (exact) mass is 1240 g/mol. The lowest BCUT2D eigenvalue weighted by Crippen LogP contribution is -2.30. The molecule has 0 aliphatic carbocycles. The minimum Gasteiger partial charge on any atom is -0.462 e. The van der Waals surface area contributed by atoms with E-state index in [1.54, 1.807) is 0 Å². The summed E-state index contributed by atoms with van der Waals surface area (Å²) in [4.78, 5) is 72.1. The molecule has 0 aromatic carbocycles. The summed E-state index contributed by atoms with van der Waals surface area (Å²) >= 11 is 0. The maximum atomic E-state index is 13.0. The summed E-state index contributed by atoms with van der Waals surface area (Å²) in [5.74, 6) is -0.661. The van der Waals surface area contributed by atoms with Crippen LogP contribution in [-0.4, -0.2) is 96.7 Å². The number of aliphatic hydroxyl groups is 1. The molecule has 0 rings (SSSR count). The van der Waals surface area contributed by atoms with E-state index in [2.05, 4.69) is 41.5 Å². The van der Waals surface area contributed by atoms with Gasteiger partial charge in [0.1, 0.15) is 19.3 Å². The van der Waals surface area contributed by atoms with Gasteiger partial charge in [-0.05, 0) is 37.5 Å². The SMILES string of the molecule is CCCCCCCCCCCC(=O)OC[C@H](COP(=O)(O)OC[C@H](O)COP(=O)(O)OC[C@@H](COC(=O)CCCCCCCCC(C)C)OC(=O)CCCCCCCCCCCCCCCCC(C)C)OC(=O)CCCCCCCCCCC. The molecule has 0 aromatic rings. The number of rotatable bonds is 64. The third-order valence-electron chi connectivity index (χ3n) is 15.0.